The van der Waals surface area contributed by atoms with Crippen molar-refractivity contribution in [3.8, 4) is 85.2 Å². The first-order valence-electron chi connectivity index (χ1n) is 18.4. The van der Waals surface area contributed by atoms with Gasteiger partial charge in [-0.05, 0) is 92.0 Å². The molecule has 0 saturated heterocycles. The Balaban J connectivity index is 1.04. The summed E-state index contributed by atoms with van der Waals surface area (Å²) >= 11 is 0. The Labute approximate surface area is 319 Å². The van der Waals surface area contributed by atoms with Crippen molar-refractivity contribution in [3.63, 3.8) is 0 Å². The summed E-state index contributed by atoms with van der Waals surface area (Å²) in [5.74, 6) is 4.18. The second-order valence-corrected chi connectivity index (χ2v) is 14.6. The number of fused-ring (bicyclic) bond motifs is 6. The Bertz CT molecular complexity index is 2850. The number of benzene rings is 7. The highest BCUT2D eigenvalue weighted by molar-refractivity contribution is 5.88. The summed E-state index contributed by atoms with van der Waals surface area (Å²) in [6.45, 7) is 5.08. The number of ether oxygens (including phenoxy) is 2. The third-order valence-electron chi connectivity index (χ3n) is 10.8. The zero-order valence-corrected chi connectivity index (χ0v) is 30.3. The van der Waals surface area contributed by atoms with Crippen molar-refractivity contribution in [3.05, 3.63) is 180 Å². The smallest absolute Gasteiger partial charge is 0.334 e. The SMILES string of the molecule is CC1(C)c2ccccc2-c2c1ccc1c2Oc2ccc(-c3ccccc3-c3nc(-c4cccc(-c5cccc(C#N)c5)c4)[n-][n+]3Cc3ccccc3)cc2O1. The third-order valence-corrected chi connectivity index (χ3v) is 10.8. The summed E-state index contributed by atoms with van der Waals surface area (Å²) in [4.78, 5) is 5.23. The van der Waals surface area contributed by atoms with Gasteiger partial charge in [0, 0.05) is 16.5 Å². The molecule has 0 fully saturated rings. The van der Waals surface area contributed by atoms with E-state index in [4.69, 9.17) is 19.6 Å². The third kappa shape index (κ3) is 5.48. The van der Waals surface area contributed by atoms with Crippen LogP contribution in [0, 0.1) is 11.3 Å². The van der Waals surface area contributed by atoms with Gasteiger partial charge in [0.15, 0.2) is 23.0 Å². The van der Waals surface area contributed by atoms with Crippen molar-refractivity contribution in [2.24, 2.45) is 0 Å². The highest BCUT2D eigenvalue weighted by Gasteiger charge is 2.39. The number of hydrogen-bond acceptors (Lipinski definition) is 4. The first-order chi connectivity index (χ1) is 26.9. The standard InChI is InChI=1S/C49H34N4O2/c1-49(2)40-21-9-8-20-39(40)45-41(49)23-25-43-46(45)55-42-24-22-35(28-44(42)54-43)37-18-6-7-19-38(37)48-51-47(52-53(48)30-31-12-4-3-5-13-31)36-17-11-16-34(27-36)33-15-10-14-32(26-33)29-50/h3-28H,30H2,1-2H3. The first kappa shape index (κ1) is 32.4. The molecule has 2 heterocycles. The largest absolute Gasteiger partial charge is 0.449 e. The molecule has 1 aromatic heterocycles. The maximum Gasteiger partial charge on any atom is 0.334 e. The molecule has 0 amide bonds. The van der Waals surface area contributed by atoms with Crippen LogP contribution in [0.25, 0.3) is 56.2 Å². The normalized spacial score (nSPS) is 13.0. The molecule has 0 bridgehead atoms. The van der Waals surface area contributed by atoms with Crippen LogP contribution in [-0.4, -0.2) is 4.98 Å². The number of nitriles is 1. The van der Waals surface area contributed by atoms with E-state index in [1.54, 1.807) is 0 Å². The van der Waals surface area contributed by atoms with E-state index in [0.29, 0.717) is 35.2 Å². The Morgan fingerprint density at radius 2 is 1.31 bits per heavy atom. The lowest BCUT2D eigenvalue weighted by molar-refractivity contribution is -0.737. The lowest BCUT2D eigenvalue weighted by atomic mass is 9.82. The van der Waals surface area contributed by atoms with Gasteiger partial charge in [-0.1, -0.05) is 129 Å². The monoisotopic (exact) mass is 710 g/mol. The molecule has 55 heavy (non-hydrogen) atoms. The highest BCUT2D eigenvalue weighted by Crippen LogP contribution is 2.58. The zero-order chi connectivity index (χ0) is 37.1. The Morgan fingerprint density at radius 3 is 2.15 bits per heavy atom. The van der Waals surface area contributed by atoms with Gasteiger partial charge in [0.05, 0.1) is 17.2 Å². The van der Waals surface area contributed by atoms with E-state index < -0.39 is 0 Å². The van der Waals surface area contributed by atoms with Crippen molar-refractivity contribution in [1.29, 1.82) is 5.26 Å². The minimum absolute atomic E-state index is 0.133. The average Bonchev–Trinajstić information content (AvgIpc) is 3.76. The number of nitrogens with zero attached hydrogens (tertiary/aromatic N) is 4. The van der Waals surface area contributed by atoms with Gasteiger partial charge in [0.1, 0.15) is 6.54 Å². The number of hydrogen-bond donors (Lipinski definition) is 0. The van der Waals surface area contributed by atoms with Crippen molar-refractivity contribution in [1.82, 2.24) is 10.1 Å². The van der Waals surface area contributed by atoms with Crippen LogP contribution in [0.1, 0.15) is 36.1 Å². The molecular weight excluding hydrogens is 677 g/mol. The molecule has 0 atom stereocenters. The van der Waals surface area contributed by atoms with Crippen LogP contribution in [0.5, 0.6) is 23.0 Å². The Kier molecular flexibility index (Phi) is 7.50. The molecule has 262 valence electrons. The molecule has 7 aromatic carbocycles. The summed E-state index contributed by atoms with van der Waals surface area (Å²) in [5, 5.41) is 14.6. The second-order valence-electron chi connectivity index (χ2n) is 14.6. The number of rotatable bonds is 6. The maximum absolute atomic E-state index is 9.50. The maximum atomic E-state index is 9.50. The molecule has 8 aromatic rings. The molecule has 0 radical (unpaired) electrons. The van der Waals surface area contributed by atoms with Crippen LogP contribution in [0.3, 0.4) is 0 Å². The summed E-state index contributed by atoms with van der Waals surface area (Å²) < 4.78 is 15.3. The highest BCUT2D eigenvalue weighted by atomic mass is 16.6. The van der Waals surface area contributed by atoms with E-state index in [-0.39, 0.29) is 5.41 Å². The molecule has 1 aliphatic carbocycles. The molecule has 2 aliphatic rings. The lowest BCUT2D eigenvalue weighted by Gasteiger charge is -2.25. The van der Waals surface area contributed by atoms with Crippen molar-refractivity contribution in [2.45, 2.75) is 25.8 Å². The van der Waals surface area contributed by atoms with Crippen LogP contribution in [-0.2, 0) is 12.0 Å². The van der Waals surface area contributed by atoms with Crippen LogP contribution >= 0.6 is 0 Å². The van der Waals surface area contributed by atoms with E-state index in [1.807, 2.05) is 89.6 Å². The second kappa shape index (κ2) is 12.7. The molecule has 0 spiro atoms. The predicted molar refractivity (Wildman–Crippen MR) is 214 cm³/mol. The van der Waals surface area contributed by atoms with Gasteiger partial charge in [-0.3, -0.25) is 0 Å². The van der Waals surface area contributed by atoms with Crippen molar-refractivity contribution >= 4 is 0 Å². The van der Waals surface area contributed by atoms with Crippen LogP contribution in [0.15, 0.2) is 158 Å². The topological polar surface area (TPSA) is 73.1 Å². The van der Waals surface area contributed by atoms with E-state index in [9.17, 15) is 5.26 Å². The van der Waals surface area contributed by atoms with Crippen LogP contribution in [0.4, 0.5) is 0 Å². The average molecular weight is 711 g/mol. The lowest BCUT2D eigenvalue weighted by Crippen LogP contribution is -2.40. The minimum Gasteiger partial charge on any atom is -0.449 e. The van der Waals surface area contributed by atoms with Gasteiger partial charge >= 0.3 is 5.82 Å². The molecule has 0 N–H and O–H groups in total. The first-order valence-corrected chi connectivity index (χ1v) is 18.4. The van der Waals surface area contributed by atoms with Crippen molar-refractivity contribution in [2.75, 3.05) is 0 Å². The molecule has 6 nitrogen and oxygen atoms in total. The summed E-state index contributed by atoms with van der Waals surface area (Å²) in [6.07, 6.45) is 0. The Morgan fingerprint density at radius 1 is 0.600 bits per heavy atom. The van der Waals surface area contributed by atoms with Gasteiger partial charge in [-0.25, -0.2) is 9.78 Å². The van der Waals surface area contributed by atoms with Gasteiger partial charge in [-0.15, -0.1) is 0 Å². The fourth-order valence-electron chi connectivity index (χ4n) is 8.06. The predicted octanol–water partition coefficient (Wildman–Crippen LogP) is 11.1. The summed E-state index contributed by atoms with van der Waals surface area (Å²) in [6, 6.07) is 55.6. The molecule has 10 rings (SSSR count). The number of aromatic nitrogens is 3. The van der Waals surface area contributed by atoms with Gasteiger partial charge < -0.3 is 9.47 Å². The van der Waals surface area contributed by atoms with E-state index in [2.05, 4.69) is 92.7 Å². The minimum atomic E-state index is -0.133. The van der Waals surface area contributed by atoms with Crippen molar-refractivity contribution < 1.29 is 14.2 Å². The molecule has 0 saturated carbocycles. The quantitative estimate of drug-likeness (QED) is 0.161. The van der Waals surface area contributed by atoms with Gasteiger partial charge in [-0.2, -0.15) is 5.26 Å². The van der Waals surface area contributed by atoms with Crippen LogP contribution in [0.2, 0.25) is 0 Å². The van der Waals surface area contributed by atoms with Crippen LogP contribution < -0.4 is 19.3 Å². The van der Waals surface area contributed by atoms with Gasteiger partial charge in [0.25, 0.3) is 0 Å². The van der Waals surface area contributed by atoms with Gasteiger partial charge in [0.2, 0.25) is 5.82 Å². The molecule has 1 aliphatic heterocycles. The molecule has 6 heteroatoms. The van der Waals surface area contributed by atoms with E-state index >= 15 is 0 Å². The zero-order valence-electron chi connectivity index (χ0n) is 30.3. The fraction of sp³-hybridized carbons (Fsp3) is 0.0816. The summed E-state index contributed by atoms with van der Waals surface area (Å²) in [7, 11) is 0. The van der Waals surface area contributed by atoms with E-state index in [1.165, 1.54) is 16.7 Å². The fourth-order valence-corrected chi connectivity index (χ4v) is 8.06. The summed E-state index contributed by atoms with van der Waals surface area (Å²) in [5.41, 5.74) is 12.2. The molecular formula is C49H34N4O2. The van der Waals surface area contributed by atoms with E-state index in [0.717, 1.165) is 56.1 Å². The molecule has 0 unspecified atom stereocenters. The Hall–Kier alpha value is -7.23.